The van der Waals surface area contributed by atoms with E-state index in [1.165, 1.54) is 13.2 Å². The molecule has 1 aromatic rings. The average Bonchev–Trinajstić information content (AvgIpc) is 2.93. The van der Waals surface area contributed by atoms with Crippen LogP contribution in [0.2, 0.25) is 0 Å². The van der Waals surface area contributed by atoms with Crippen molar-refractivity contribution >= 4 is 15.9 Å². The molecule has 1 saturated carbocycles. The molecule has 0 saturated heterocycles. The van der Waals surface area contributed by atoms with Gasteiger partial charge in [-0.15, -0.1) is 0 Å². The van der Waals surface area contributed by atoms with Gasteiger partial charge in [-0.05, 0) is 40.4 Å². The minimum atomic E-state index is -1.02. The maximum atomic E-state index is 13.6. The molecule has 1 N–H and O–H groups in total. The molecule has 0 spiro atoms. The summed E-state index contributed by atoms with van der Waals surface area (Å²) in [6, 6.07) is 1.45. The van der Waals surface area contributed by atoms with Crippen molar-refractivity contribution in [1.82, 2.24) is 0 Å². The molecule has 5 heteroatoms. The number of rotatable bonds is 3. The minimum absolute atomic E-state index is 0.137. The van der Waals surface area contributed by atoms with Crippen LogP contribution in [-0.2, 0) is 6.42 Å². The third-order valence-electron chi connectivity index (χ3n) is 2.74. The Bertz CT molecular complexity index is 430. The highest BCUT2D eigenvalue weighted by Gasteiger charge is 2.41. The van der Waals surface area contributed by atoms with Crippen molar-refractivity contribution in [3.05, 3.63) is 27.7 Å². The molecular formula is C11H11BrF2O2. The van der Waals surface area contributed by atoms with E-state index < -0.39 is 17.2 Å². The standard InChI is InChI=1S/C11H11BrF2O2/c1-16-10-7(12)4-6(8(13)9(10)14)5-11(15)2-3-11/h4,15H,2-3,5H2,1H3. The summed E-state index contributed by atoms with van der Waals surface area (Å²) in [7, 11) is 1.27. The number of halogens is 3. The smallest absolute Gasteiger partial charge is 0.202 e. The van der Waals surface area contributed by atoms with Crippen molar-refractivity contribution in [2.45, 2.75) is 24.9 Å². The number of aliphatic hydroxyl groups is 1. The van der Waals surface area contributed by atoms with Crippen LogP contribution in [0.3, 0.4) is 0 Å². The molecule has 0 unspecified atom stereocenters. The van der Waals surface area contributed by atoms with Gasteiger partial charge in [0.2, 0.25) is 5.82 Å². The zero-order valence-electron chi connectivity index (χ0n) is 8.69. The Morgan fingerprint density at radius 3 is 2.56 bits per heavy atom. The molecule has 88 valence electrons. The van der Waals surface area contributed by atoms with E-state index in [1.807, 2.05) is 0 Å². The first kappa shape index (κ1) is 11.8. The SMILES string of the molecule is COc1c(Br)cc(CC2(O)CC2)c(F)c1F. The molecule has 1 aromatic carbocycles. The van der Waals surface area contributed by atoms with E-state index in [2.05, 4.69) is 15.9 Å². The van der Waals surface area contributed by atoms with Crippen LogP contribution in [0.4, 0.5) is 8.78 Å². The Morgan fingerprint density at radius 1 is 1.44 bits per heavy atom. The highest BCUT2D eigenvalue weighted by atomic mass is 79.9. The summed E-state index contributed by atoms with van der Waals surface area (Å²) in [5.74, 6) is -2.11. The lowest BCUT2D eigenvalue weighted by Crippen LogP contribution is -2.13. The quantitative estimate of drug-likeness (QED) is 0.868. The van der Waals surface area contributed by atoms with E-state index in [-0.39, 0.29) is 17.7 Å². The van der Waals surface area contributed by atoms with Gasteiger partial charge in [-0.2, -0.15) is 4.39 Å². The van der Waals surface area contributed by atoms with Gasteiger partial charge < -0.3 is 9.84 Å². The summed E-state index contributed by atoms with van der Waals surface area (Å²) in [5.41, 5.74) is -0.674. The van der Waals surface area contributed by atoms with Crippen LogP contribution >= 0.6 is 15.9 Å². The fourth-order valence-corrected chi connectivity index (χ4v) is 2.23. The van der Waals surface area contributed by atoms with Gasteiger partial charge in [-0.25, -0.2) is 4.39 Å². The fraction of sp³-hybridized carbons (Fsp3) is 0.455. The molecule has 0 aliphatic heterocycles. The van der Waals surface area contributed by atoms with E-state index in [4.69, 9.17) is 4.74 Å². The predicted octanol–water partition coefficient (Wildman–Crippen LogP) is 2.80. The fourth-order valence-electron chi connectivity index (χ4n) is 1.62. The van der Waals surface area contributed by atoms with Gasteiger partial charge in [-0.1, -0.05) is 0 Å². The van der Waals surface area contributed by atoms with Crippen LogP contribution in [0, 0.1) is 11.6 Å². The van der Waals surface area contributed by atoms with Crippen LogP contribution in [-0.4, -0.2) is 17.8 Å². The Hall–Kier alpha value is -0.680. The average molecular weight is 293 g/mol. The predicted molar refractivity (Wildman–Crippen MR) is 58.5 cm³/mol. The zero-order valence-corrected chi connectivity index (χ0v) is 10.3. The molecule has 0 atom stereocenters. The van der Waals surface area contributed by atoms with E-state index in [9.17, 15) is 13.9 Å². The van der Waals surface area contributed by atoms with Crippen LogP contribution < -0.4 is 4.74 Å². The molecule has 1 aliphatic rings. The highest BCUT2D eigenvalue weighted by molar-refractivity contribution is 9.10. The summed E-state index contributed by atoms with van der Waals surface area (Å²) in [6.45, 7) is 0. The molecule has 0 radical (unpaired) electrons. The highest BCUT2D eigenvalue weighted by Crippen LogP contribution is 2.41. The molecule has 1 fully saturated rings. The van der Waals surface area contributed by atoms with Crippen LogP contribution in [0.15, 0.2) is 10.5 Å². The van der Waals surface area contributed by atoms with Crippen molar-refractivity contribution in [2.75, 3.05) is 7.11 Å². The van der Waals surface area contributed by atoms with Crippen LogP contribution in [0.5, 0.6) is 5.75 Å². The molecule has 2 rings (SSSR count). The van der Waals surface area contributed by atoms with Crippen molar-refractivity contribution < 1.29 is 18.6 Å². The van der Waals surface area contributed by atoms with E-state index in [0.29, 0.717) is 17.3 Å². The van der Waals surface area contributed by atoms with Gasteiger partial charge in [0.25, 0.3) is 0 Å². The lowest BCUT2D eigenvalue weighted by atomic mass is 10.1. The Labute approximate surface area is 100 Å². The summed E-state index contributed by atoms with van der Waals surface area (Å²) in [5, 5.41) is 9.68. The summed E-state index contributed by atoms with van der Waals surface area (Å²) >= 11 is 3.11. The number of methoxy groups -OCH3 is 1. The Morgan fingerprint density at radius 2 is 2.06 bits per heavy atom. The Balaban J connectivity index is 2.39. The summed E-state index contributed by atoms with van der Waals surface area (Å²) in [4.78, 5) is 0. The molecule has 0 bridgehead atoms. The van der Waals surface area contributed by atoms with Crippen molar-refractivity contribution in [1.29, 1.82) is 0 Å². The first-order valence-electron chi connectivity index (χ1n) is 4.89. The molecule has 2 nitrogen and oxygen atoms in total. The largest absolute Gasteiger partial charge is 0.492 e. The van der Waals surface area contributed by atoms with Crippen molar-refractivity contribution in [3.63, 3.8) is 0 Å². The molecule has 0 amide bonds. The first-order chi connectivity index (χ1) is 7.47. The second kappa shape index (κ2) is 3.96. The van der Waals surface area contributed by atoms with Crippen molar-refractivity contribution in [2.24, 2.45) is 0 Å². The van der Waals surface area contributed by atoms with Gasteiger partial charge in [0.1, 0.15) is 0 Å². The number of hydrogen-bond donors (Lipinski definition) is 1. The summed E-state index contributed by atoms with van der Waals surface area (Å²) in [6.07, 6.45) is 1.41. The molecule has 16 heavy (non-hydrogen) atoms. The first-order valence-corrected chi connectivity index (χ1v) is 5.69. The molecule has 1 aliphatic carbocycles. The molecular weight excluding hydrogens is 282 g/mol. The van der Waals surface area contributed by atoms with Gasteiger partial charge in [0, 0.05) is 6.42 Å². The minimum Gasteiger partial charge on any atom is -0.492 e. The monoisotopic (exact) mass is 292 g/mol. The maximum absolute atomic E-state index is 13.6. The molecule has 0 aromatic heterocycles. The third-order valence-corrected chi connectivity index (χ3v) is 3.33. The lowest BCUT2D eigenvalue weighted by molar-refractivity contribution is 0.149. The van der Waals surface area contributed by atoms with E-state index in [1.54, 1.807) is 0 Å². The van der Waals surface area contributed by atoms with Crippen LogP contribution in [0.25, 0.3) is 0 Å². The zero-order chi connectivity index (χ0) is 11.9. The van der Waals surface area contributed by atoms with Crippen LogP contribution in [0.1, 0.15) is 18.4 Å². The third kappa shape index (κ3) is 2.06. The number of benzene rings is 1. The number of hydrogen-bond acceptors (Lipinski definition) is 2. The van der Waals surface area contributed by atoms with E-state index >= 15 is 0 Å². The second-order valence-corrected chi connectivity index (χ2v) is 4.93. The van der Waals surface area contributed by atoms with Gasteiger partial charge in [0.05, 0.1) is 17.2 Å². The van der Waals surface area contributed by atoms with Gasteiger partial charge in [-0.3, -0.25) is 0 Å². The summed E-state index contributed by atoms with van der Waals surface area (Å²) < 4.78 is 32.2. The van der Waals surface area contributed by atoms with Gasteiger partial charge >= 0.3 is 0 Å². The topological polar surface area (TPSA) is 29.5 Å². The second-order valence-electron chi connectivity index (χ2n) is 4.08. The lowest BCUT2D eigenvalue weighted by Gasteiger charge is -2.12. The van der Waals surface area contributed by atoms with Crippen molar-refractivity contribution in [3.8, 4) is 5.75 Å². The normalized spacial score (nSPS) is 17.3. The molecule has 0 heterocycles. The van der Waals surface area contributed by atoms with Gasteiger partial charge in [0.15, 0.2) is 11.6 Å². The Kier molecular flexibility index (Phi) is 2.92. The maximum Gasteiger partial charge on any atom is 0.202 e. The van der Waals surface area contributed by atoms with E-state index in [0.717, 1.165) is 0 Å². The number of ether oxygens (including phenoxy) is 1.